The van der Waals surface area contributed by atoms with Crippen LogP contribution in [0, 0.1) is 0 Å². The van der Waals surface area contributed by atoms with Crippen molar-refractivity contribution >= 4 is 31.5 Å². The summed E-state index contributed by atoms with van der Waals surface area (Å²) in [7, 11) is 0. The van der Waals surface area contributed by atoms with Gasteiger partial charge in [0.25, 0.3) is 0 Å². The van der Waals surface area contributed by atoms with Crippen LogP contribution in [0.3, 0.4) is 0 Å². The molecule has 1 aliphatic carbocycles. The van der Waals surface area contributed by atoms with Crippen LogP contribution in [0.5, 0.6) is 0 Å². The normalized spacial score (nSPS) is 12.8. The molecular weight excluding hydrogens is 721 g/mol. The maximum absolute atomic E-state index is 5.33. The predicted octanol–water partition coefficient (Wildman–Crippen LogP) is 15.2. The smallest absolute Gasteiger partial charge is 0.160 e. The van der Waals surface area contributed by atoms with Gasteiger partial charge in [-0.05, 0) is 98.1 Å². The summed E-state index contributed by atoms with van der Waals surface area (Å²) < 4.78 is 2.60. The van der Waals surface area contributed by atoms with Crippen LogP contribution in [0.15, 0.2) is 194 Å². The number of hydrogen-bond acceptors (Lipinski definition) is 3. The van der Waals surface area contributed by atoms with Crippen LogP contribution in [0.4, 0.5) is 0 Å². The fraction of sp³-hybridized carbons (Fsp3) is 0.0545. The van der Waals surface area contributed by atoms with Gasteiger partial charge in [0.05, 0.1) is 11.4 Å². The predicted molar refractivity (Wildman–Crippen MR) is 245 cm³/mol. The highest BCUT2D eigenvalue weighted by molar-refractivity contribution is 7.25. The van der Waals surface area contributed by atoms with Gasteiger partial charge in [-0.25, -0.2) is 9.97 Å². The van der Waals surface area contributed by atoms with Gasteiger partial charge in [-0.2, -0.15) is 0 Å². The van der Waals surface area contributed by atoms with Gasteiger partial charge < -0.3 is 0 Å². The van der Waals surface area contributed by atoms with E-state index in [1.807, 2.05) is 17.4 Å². The van der Waals surface area contributed by atoms with Crippen LogP contribution in [0.25, 0.3) is 98.6 Å². The van der Waals surface area contributed by atoms with Crippen molar-refractivity contribution in [1.29, 1.82) is 0 Å². The minimum atomic E-state index is -0.0486. The number of benzene rings is 8. The molecule has 0 spiro atoms. The van der Waals surface area contributed by atoms with Crippen LogP contribution < -0.4 is 0 Å². The third-order valence-corrected chi connectivity index (χ3v) is 13.0. The minimum Gasteiger partial charge on any atom is -0.228 e. The molecule has 0 aliphatic heterocycles. The van der Waals surface area contributed by atoms with E-state index in [-0.39, 0.29) is 5.41 Å². The summed E-state index contributed by atoms with van der Waals surface area (Å²) in [6.07, 6.45) is 0. The SMILES string of the molecule is CC1(C)c2ccccc2-c2ccc(-c3ccc(-c4nc(-c5ccccc5)cc(-c5cc(-c6ccccc6)cc(-c6ccc7c(c6)sc6ccccc67)c5)n4)cc3)cc21. The molecule has 2 aromatic heterocycles. The van der Waals surface area contributed by atoms with Crippen molar-refractivity contribution in [1.82, 2.24) is 9.97 Å². The van der Waals surface area contributed by atoms with E-state index in [0.717, 1.165) is 39.2 Å². The largest absolute Gasteiger partial charge is 0.228 e. The lowest BCUT2D eigenvalue weighted by molar-refractivity contribution is 0.660. The van der Waals surface area contributed by atoms with Gasteiger partial charge in [-0.1, -0.05) is 166 Å². The van der Waals surface area contributed by atoms with E-state index in [1.54, 1.807) is 0 Å². The number of rotatable bonds is 6. The lowest BCUT2D eigenvalue weighted by Crippen LogP contribution is -2.14. The standard InChI is InChI=1S/C55H38N2S/c1-55(2)48-19-11-9-17-44(48)45-27-25-39(32-49(45)55)36-21-23-38(24-22-36)54-56-50(37-15-7-4-8-16-37)34-51(57-54)43-30-41(35-13-5-3-6-14-35)29-42(31-43)40-26-28-47-46-18-10-12-20-52(46)58-53(47)33-40/h3-34H,1-2H3. The Kier molecular flexibility index (Phi) is 8.06. The molecule has 1 aliphatic rings. The quantitative estimate of drug-likeness (QED) is 0.169. The van der Waals surface area contributed by atoms with Crippen LogP contribution in [-0.4, -0.2) is 9.97 Å². The van der Waals surface area contributed by atoms with E-state index in [1.165, 1.54) is 64.7 Å². The Balaban J connectivity index is 1.02. The van der Waals surface area contributed by atoms with Gasteiger partial charge in [-0.3, -0.25) is 0 Å². The van der Waals surface area contributed by atoms with Crippen molar-refractivity contribution in [2.45, 2.75) is 19.3 Å². The lowest BCUT2D eigenvalue weighted by atomic mass is 9.81. The summed E-state index contributed by atoms with van der Waals surface area (Å²) in [5.74, 6) is 0.701. The summed E-state index contributed by atoms with van der Waals surface area (Å²) in [6.45, 7) is 4.67. The first-order valence-corrected chi connectivity index (χ1v) is 20.7. The average molecular weight is 759 g/mol. The Morgan fingerprint density at radius 3 is 1.67 bits per heavy atom. The molecule has 0 amide bonds. The maximum atomic E-state index is 5.33. The van der Waals surface area contributed by atoms with E-state index in [9.17, 15) is 0 Å². The van der Waals surface area contributed by atoms with E-state index < -0.39 is 0 Å². The molecule has 274 valence electrons. The Hall–Kier alpha value is -6.94. The molecule has 10 aromatic rings. The Morgan fingerprint density at radius 2 is 0.879 bits per heavy atom. The molecule has 0 saturated carbocycles. The summed E-state index contributed by atoms with van der Waals surface area (Å²) in [5, 5.41) is 2.61. The molecule has 2 heterocycles. The van der Waals surface area contributed by atoms with E-state index in [0.29, 0.717) is 5.82 Å². The highest BCUT2D eigenvalue weighted by Gasteiger charge is 2.35. The van der Waals surface area contributed by atoms with Gasteiger partial charge in [-0.15, -0.1) is 11.3 Å². The summed E-state index contributed by atoms with van der Waals surface area (Å²) in [6, 6.07) is 70.2. The maximum Gasteiger partial charge on any atom is 0.160 e. The fourth-order valence-electron chi connectivity index (χ4n) is 8.82. The Bertz CT molecular complexity index is 3180. The zero-order chi connectivity index (χ0) is 38.8. The van der Waals surface area contributed by atoms with Crippen molar-refractivity contribution in [2.24, 2.45) is 0 Å². The van der Waals surface area contributed by atoms with Crippen LogP contribution >= 0.6 is 11.3 Å². The molecule has 0 bridgehead atoms. The van der Waals surface area contributed by atoms with Gasteiger partial charge in [0.15, 0.2) is 5.82 Å². The molecule has 0 atom stereocenters. The van der Waals surface area contributed by atoms with Crippen molar-refractivity contribution < 1.29 is 0 Å². The zero-order valence-electron chi connectivity index (χ0n) is 32.3. The Labute approximate surface area is 342 Å². The van der Waals surface area contributed by atoms with Crippen LogP contribution in [0.2, 0.25) is 0 Å². The average Bonchev–Trinajstić information content (AvgIpc) is 3.77. The van der Waals surface area contributed by atoms with Crippen LogP contribution in [-0.2, 0) is 5.41 Å². The molecule has 0 radical (unpaired) electrons. The van der Waals surface area contributed by atoms with Crippen LogP contribution in [0.1, 0.15) is 25.0 Å². The molecule has 0 fully saturated rings. The molecule has 8 aromatic carbocycles. The second-order valence-electron chi connectivity index (χ2n) is 15.8. The zero-order valence-corrected chi connectivity index (χ0v) is 33.1. The first-order chi connectivity index (χ1) is 28.5. The number of thiophene rings is 1. The molecule has 2 nitrogen and oxygen atoms in total. The first kappa shape index (κ1) is 34.3. The van der Waals surface area contributed by atoms with Crippen molar-refractivity contribution in [3.63, 3.8) is 0 Å². The monoisotopic (exact) mass is 758 g/mol. The summed E-state index contributed by atoms with van der Waals surface area (Å²) >= 11 is 1.85. The summed E-state index contributed by atoms with van der Waals surface area (Å²) in [5.41, 5.74) is 17.3. The number of nitrogens with zero attached hydrogens (tertiary/aromatic N) is 2. The third kappa shape index (κ3) is 5.86. The highest BCUT2D eigenvalue weighted by Crippen LogP contribution is 2.49. The van der Waals surface area contributed by atoms with Crippen molar-refractivity contribution in [2.75, 3.05) is 0 Å². The Morgan fingerprint density at radius 1 is 0.345 bits per heavy atom. The lowest BCUT2D eigenvalue weighted by Gasteiger charge is -2.22. The van der Waals surface area contributed by atoms with E-state index in [4.69, 9.17) is 9.97 Å². The molecular formula is C55H38N2S. The van der Waals surface area contributed by atoms with Crippen molar-refractivity contribution in [3.05, 3.63) is 205 Å². The minimum absolute atomic E-state index is 0.0486. The molecule has 0 unspecified atom stereocenters. The van der Waals surface area contributed by atoms with Crippen molar-refractivity contribution in [3.8, 4) is 78.4 Å². The van der Waals surface area contributed by atoms with Gasteiger partial charge in [0, 0.05) is 42.3 Å². The second kappa shape index (κ2) is 13.6. The second-order valence-corrected chi connectivity index (χ2v) is 16.9. The number of hydrogen-bond donors (Lipinski definition) is 0. The molecule has 11 rings (SSSR count). The van der Waals surface area contributed by atoms with Gasteiger partial charge in [0.2, 0.25) is 0 Å². The summed E-state index contributed by atoms with van der Waals surface area (Å²) in [4.78, 5) is 10.5. The third-order valence-electron chi connectivity index (χ3n) is 11.9. The highest BCUT2D eigenvalue weighted by atomic mass is 32.1. The fourth-order valence-corrected chi connectivity index (χ4v) is 9.97. The first-order valence-electron chi connectivity index (χ1n) is 19.9. The number of fused-ring (bicyclic) bond motifs is 6. The van der Waals surface area contributed by atoms with Gasteiger partial charge >= 0.3 is 0 Å². The topological polar surface area (TPSA) is 25.8 Å². The molecule has 0 N–H and O–H groups in total. The molecule has 0 saturated heterocycles. The molecule has 58 heavy (non-hydrogen) atoms. The van der Waals surface area contributed by atoms with Gasteiger partial charge in [0.1, 0.15) is 0 Å². The van der Waals surface area contributed by atoms with E-state index >= 15 is 0 Å². The molecule has 3 heteroatoms. The number of aromatic nitrogens is 2. The van der Waals surface area contributed by atoms with E-state index in [2.05, 4.69) is 202 Å².